The van der Waals surface area contributed by atoms with Crippen LogP contribution in [0, 0.1) is 10.1 Å². The molecule has 0 aliphatic heterocycles. The molecule has 0 atom stereocenters. The predicted octanol–water partition coefficient (Wildman–Crippen LogP) is 5.13. The number of halogens is 1. The summed E-state index contributed by atoms with van der Waals surface area (Å²) < 4.78 is 1.87. The highest BCUT2D eigenvalue weighted by Crippen LogP contribution is 2.28. The summed E-state index contributed by atoms with van der Waals surface area (Å²) in [4.78, 5) is 22.8. The van der Waals surface area contributed by atoms with Crippen molar-refractivity contribution in [1.82, 2.24) is 20.2 Å². The van der Waals surface area contributed by atoms with Crippen LogP contribution in [0.2, 0.25) is 5.02 Å². The third-order valence-corrected chi connectivity index (χ3v) is 6.11. The number of carbonyl (C=O) groups is 1. The Kier molecular flexibility index (Phi) is 7.54. The van der Waals surface area contributed by atoms with Crippen molar-refractivity contribution in [3.8, 4) is 17.1 Å². The van der Waals surface area contributed by atoms with Crippen molar-refractivity contribution in [3.05, 3.63) is 99.6 Å². The molecule has 0 saturated carbocycles. The van der Waals surface area contributed by atoms with Gasteiger partial charge in [-0.3, -0.25) is 19.5 Å². The monoisotopic (exact) mass is 506 g/mol. The lowest BCUT2D eigenvalue weighted by Crippen LogP contribution is -2.21. The summed E-state index contributed by atoms with van der Waals surface area (Å²) in [6, 6.07) is 22.9. The van der Waals surface area contributed by atoms with E-state index in [-0.39, 0.29) is 17.3 Å². The molecule has 1 heterocycles. The minimum atomic E-state index is -0.471. The van der Waals surface area contributed by atoms with Crippen LogP contribution in [0.1, 0.15) is 12.5 Å². The molecule has 0 bridgehead atoms. The van der Waals surface area contributed by atoms with E-state index in [4.69, 9.17) is 11.6 Å². The first-order chi connectivity index (χ1) is 16.9. The number of hydrazone groups is 1. The summed E-state index contributed by atoms with van der Waals surface area (Å²) in [6.45, 7) is 1.71. The van der Waals surface area contributed by atoms with Crippen LogP contribution in [-0.4, -0.2) is 37.1 Å². The lowest BCUT2D eigenvalue weighted by Gasteiger charge is -2.10. The van der Waals surface area contributed by atoms with Crippen LogP contribution in [0.25, 0.3) is 17.1 Å². The molecular weight excluding hydrogens is 488 g/mol. The summed E-state index contributed by atoms with van der Waals surface area (Å²) in [5.41, 5.74) is 5.39. The number of rotatable bonds is 8. The van der Waals surface area contributed by atoms with Gasteiger partial charge in [-0.1, -0.05) is 53.7 Å². The molecule has 0 aliphatic carbocycles. The Morgan fingerprint density at radius 3 is 2.40 bits per heavy atom. The molecule has 1 aromatic heterocycles. The largest absolute Gasteiger partial charge is 0.272 e. The number of benzene rings is 3. The summed E-state index contributed by atoms with van der Waals surface area (Å²) in [7, 11) is 0. The van der Waals surface area contributed by atoms with Crippen LogP contribution in [0.4, 0.5) is 5.69 Å². The molecular formula is C24H19ClN6O3S. The molecule has 9 nitrogen and oxygen atoms in total. The van der Waals surface area contributed by atoms with E-state index in [2.05, 4.69) is 20.7 Å². The summed E-state index contributed by atoms with van der Waals surface area (Å²) in [5.74, 6) is 0.364. The first kappa shape index (κ1) is 24.1. The van der Waals surface area contributed by atoms with Crippen molar-refractivity contribution in [2.45, 2.75) is 12.1 Å². The zero-order valence-corrected chi connectivity index (χ0v) is 20.0. The number of hydrogen-bond donors (Lipinski definition) is 1. The fraction of sp³-hybridized carbons (Fsp3) is 0.0833. The van der Waals surface area contributed by atoms with Gasteiger partial charge in [-0.25, -0.2) is 5.43 Å². The van der Waals surface area contributed by atoms with E-state index in [1.54, 1.807) is 31.2 Å². The maximum atomic E-state index is 12.5. The fourth-order valence-corrected chi connectivity index (χ4v) is 4.03. The summed E-state index contributed by atoms with van der Waals surface area (Å²) in [6.07, 6.45) is 0. The molecule has 0 spiro atoms. The Balaban J connectivity index is 1.48. The Morgan fingerprint density at radius 1 is 1.06 bits per heavy atom. The van der Waals surface area contributed by atoms with E-state index in [0.717, 1.165) is 11.3 Å². The topological polar surface area (TPSA) is 115 Å². The van der Waals surface area contributed by atoms with Crippen molar-refractivity contribution in [2.75, 3.05) is 5.75 Å². The fourth-order valence-electron chi connectivity index (χ4n) is 3.16. The molecule has 3 aromatic carbocycles. The molecule has 0 fully saturated rings. The molecule has 4 aromatic rings. The normalized spacial score (nSPS) is 11.3. The Labute approximate surface area is 210 Å². The van der Waals surface area contributed by atoms with Gasteiger partial charge in [0, 0.05) is 28.4 Å². The van der Waals surface area contributed by atoms with Gasteiger partial charge in [0.1, 0.15) is 0 Å². The third kappa shape index (κ3) is 5.92. The molecule has 176 valence electrons. The van der Waals surface area contributed by atoms with Gasteiger partial charge in [0.15, 0.2) is 11.0 Å². The lowest BCUT2D eigenvalue weighted by molar-refractivity contribution is -0.384. The Morgan fingerprint density at radius 2 is 1.74 bits per heavy atom. The first-order valence-corrected chi connectivity index (χ1v) is 11.8. The van der Waals surface area contributed by atoms with Crippen LogP contribution in [0.3, 0.4) is 0 Å². The quantitative estimate of drug-likeness (QED) is 0.153. The Hall–Kier alpha value is -4.02. The van der Waals surface area contributed by atoms with E-state index in [1.165, 1.54) is 23.9 Å². The number of nitrogens with zero attached hydrogens (tertiary/aromatic N) is 5. The smallest absolute Gasteiger partial charge is 0.269 e. The number of hydrogen-bond acceptors (Lipinski definition) is 7. The minimum absolute atomic E-state index is 0.0124. The predicted molar refractivity (Wildman–Crippen MR) is 136 cm³/mol. The van der Waals surface area contributed by atoms with Crippen LogP contribution < -0.4 is 5.43 Å². The van der Waals surface area contributed by atoms with E-state index < -0.39 is 4.92 Å². The van der Waals surface area contributed by atoms with Gasteiger partial charge < -0.3 is 0 Å². The minimum Gasteiger partial charge on any atom is -0.272 e. The van der Waals surface area contributed by atoms with Crippen molar-refractivity contribution in [1.29, 1.82) is 0 Å². The molecule has 1 N–H and O–H groups in total. The number of aromatic nitrogens is 3. The number of non-ortho nitro benzene ring substituents is 1. The van der Waals surface area contributed by atoms with Crippen molar-refractivity contribution in [2.24, 2.45) is 5.10 Å². The molecule has 0 radical (unpaired) electrons. The lowest BCUT2D eigenvalue weighted by atomic mass is 10.1. The zero-order valence-electron chi connectivity index (χ0n) is 18.5. The van der Waals surface area contributed by atoms with Crippen LogP contribution >= 0.6 is 23.4 Å². The molecule has 11 heteroatoms. The van der Waals surface area contributed by atoms with E-state index in [0.29, 0.717) is 27.3 Å². The van der Waals surface area contributed by atoms with Crippen LogP contribution in [-0.2, 0) is 4.79 Å². The van der Waals surface area contributed by atoms with E-state index in [9.17, 15) is 14.9 Å². The average Bonchev–Trinajstić information content (AvgIpc) is 3.31. The standard InChI is InChI=1S/C24H19ClN6O3S/c1-16(17-7-11-21(12-8-17)31(33)34)26-27-22(32)15-35-24-29-28-23(18-5-3-2-4-6-18)30(24)20-13-9-19(25)10-14-20/h2-14H,15H2,1H3,(H,27,32)/b26-16+. The number of nitrogens with one attached hydrogen (secondary N) is 1. The molecule has 35 heavy (non-hydrogen) atoms. The van der Waals surface area contributed by atoms with E-state index in [1.807, 2.05) is 47.0 Å². The van der Waals surface area contributed by atoms with E-state index >= 15 is 0 Å². The third-order valence-electron chi connectivity index (χ3n) is 4.93. The number of amides is 1. The second-order valence-electron chi connectivity index (χ2n) is 7.31. The van der Waals surface area contributed by atoms with Crippen molar-refractivity contribution < 1.29 is 9.72 Å². The molecule has 0 saturated heterocycles. The van der Waals surface area contributed by atoms with Gasteiger partial charge in [-0.15, -0.1) is 10.2 Å². The van der Waals surface area contributed by atoms with Crippen LogP contribution in [0.15, 0.2) is 89.1 Å². The Bertz CT molecular complexity index is 1370. The summed E-state index contributed by atoms with van der Waals surface area (Å²) in [5, 5.41) is 24.7. The highest BCUT2D eigenvalue weighted by Gasteiger charge is 2.17. The zero-order chi connectivity index (χ0) is 24.8. The van der Waals surface area contributed by atoms with Gasteiger partial charge in [0.05, 0.1) is 16.4 Å². The van der Waals surface area contributed by atoms with Crippen molar-refractivity contribution in [3.63, 3.8) is 0 Å². The second kappa shape index (κ2) is 10.9. The number of thioether (sulfide) groups is 1. The van der Waals surface area contributed by atoms with Gasteiger partial charge >= 0.3 is 0 Å². The van der Waals surface area contributed by atoms with Gasteiger partial charge in [0.2, 0.25) is 0 Å². The van der Waals surface area contributed by atoms with Crippen LogP contribution in [0.5, 0.6) is 0 Å². The summed E-state index contributed by atoms with van der Waals surface area (Å²) >= 11 is 7.28. The number of nitro groups is 1. The highest BCUT2D eigenvalue weighted by atomic mass is 35.5. The number of nitro benzene ring substituents is 1. The highest BCUT2D eigenvalue weighted by molar-refractivity contribution is 7.99. The molecule has 0 aliphatic rings. The molecule has 1 amide bonds. The van der Waals surface area contributed by atoms with Gasteiger partial charge in [-0.2, -0.15) is 5.10 Å². The molecule has 4 rings (SSSR count). The number of carbonyl (C=O) groups excluding carboxylic acids is 1. The van der Waals surface area contributed by atoms with Crippen molar-refractivity contribution >= 4 is 40.7 Å². The second-order valence-corrected chi connectivity index (χ2v) is 8.69. The van der Waals surface area contributed by atoms with Gasteiger partial charge in [0.25, 0.3) is 11.6 Å². The van der Waals surface area contributed by atoms with Gasteiger partial charge in [-0.05, 0) is 48.9 Å². The first-order valence-electron chi connectivity index (χ1n) is 10.4. The average molecular weight is 507 g/mol. The maximum Gasteiger partial charge on any atom is 0.269 e. The SMILES string of the molecule is C/C(=N\NC(=O)CSc1nnc(-c2ccccc2)n1-c1ccc(Cl)cc1)c1ccc([N+](=O)[O-])cc1. The maximum absolute atomic E-state index is 12.5. The molecule has 0 unspecified atom stereocenters.